The van der Waals surface area contributed by atoms with Crippen LogP contribution in [0.15, 0.2) is 176 Å². The summed E-state index contributed by atoms with van der Waals surface area (Å²) in [5.74, 6) is 0.895. The second-order valence-corrected chi connectivity index (χ2v) is 11.7. The lowest BCUT2D eigenvalue weighted by molar-refractivity contribution is 1.04. The molecule has 0 aliphatic heterocycles. The summed E-state index contributed by atoms with van der Waals surface area (Å²) < 4.78 is 2.25. The van der Waals surface area contributed by atoms with Gasteiger partial charge in [-0.3, -0.25) is 0 Å². The minimum Gasteiger partial charge on any atom is -0.310 e. The van der Waals surface area contributed by atoms with Gasteiger partial charge in [-0.1, -0.05) is 115 Å². The molecule has 0 unspecified atom stereocenters. The summed E-state index contributed by atoms with van der Waals surface area (Å²) >= 11 is 0. The van der Waals surface area contributed by atoms with Crippen molar-refractivity contribution < 1.29 is 0 Å². The maximum atomic E-state index is 4.80. The third kappa shape index (κ3) is 4.25. The molecule has 0 saturated carbocycles. The lowest BCUT2D eigenvalue weighted by Crippen LogP contribution is -2.10. The van der Waals surface area contributed by atoms with Crippen LogP contribution in [0.5, 0.6) is 0 Å². The summed E-state index contributed by atoms with van der Waals surface area (Å²) in [4.78, 5) is 7.16. The molecule has 0 N–H and O–H groups in total. The van der Waals surface area contributed by atoms with Crippen molar-refractivity contribution in [3.8, 4) is 50.3 Å². The van der Waals surface area contributed by atoms with E-state index in [1.807, 2.05) is 12.3 Å². The standard InChI is InChI=1S/C43H29N3/c1-3-13-30(14-4-1)31-22-24-33(25-23-31)46(32-15-5-2-6-16-32)34-27-39-37-19-9-7-17-35(37)36-18-8-10-20-38(36)40-29-45(41(28-34)43(39)40)42-21-11-12-26-44-42/h1-29H. The molecule has 1 aliphatic rings. The van der Waals surface area contributed by atoms with Crippen molar-refractivity contribution in [1.82, 2.24) is 9.55 Å². The third-order valence-corrected chi connectivity index (χ3v) is 9.02. The number of para-hydroxylation sites is 1. The highest BCUT2D eigenvalue weighted by molar-refractivity contribution is 6.15. The van der Waals surface area contributed by atoms with E-state index < -0.39 is 0 Å². The Morgan fingerprint density at radius 1 is 0.413 bits per heavy atom. The zero-order valence-electron chi connectivity index (χ0n) is 25.1. The molecule has 0 radical (unpaired) electrons. The number of nitrogens with zero attached hydrogens (tertiary/aromatic N) is 3. The van der Waals surface area contributed by atoms with Crippen molar-refractivity contribution in [2.24, 2.45) is 0 Å². The van der Waals surface area contributed by atoms with Crippen molar-refractivity contribution in [1.29, 1.82) is 0 Å². The molecule has 6 aromatic carbocycles. The van der Waals surface area contributed by atoms with Crippen LogP contribution in [-0.2, 0) is 0 Å². The maximum Gasteiger partial charge on any atom is 0.137 e. The molecule has 3 nitrogen and oxygen atoms in total. The van der Waals surface area contributed by atoms with E-state index in [-0.39, 0.29) is 0 Å². The summed E-state index contributed by atoms with van der Waals surface area (Å²) in [6, 6.07) is 58.5. The number of anilines is 3. The molecular weight excluding hydrogens is 558 g/mol. The molecule has 2 aromatic heterocycles. The zero-order valence-corrected chi connectivity index (χ0v) is 25.1. The van der Waals surface area contributed by atoms with Crippen LogP contribution in [0.2, 0.25) is 0 Å². The first-order chi connectivity index (χ1) is 22.8. The van der Waals surface area contributed by atoms with E-state index in [9.17, 15) is 0 Å². The van der Waals surface area contributed by atoms with E-state index in [4.69, 9.17) is 4.98 Å². The Balaban J connectivity index is 1.34. The van der Waals surface area contributed by atoms with Crippen molar-refractivity contribution in [2.45, 2.75) is 0 Å². The lowest BCUT2D eigenvalue weighted by Gasteiger charge is -2.27. The predicted molar refractivity (Wildman–Crippen MR) is 191 cm³/mol. The van der Waals surface area contributed by atoms with Gasteiger partial charge < -0.3 is 9.47 Å². The van der Waals surface area contributed by atoms with Gasteiger partial charge in [0.05, 0.1) is 5.52 Å². The molecule has 2 heterocycles. The van der Waals surface area contributed by atoms with Crippen LogP contribution in [0, 0.1) is 0 Å². The molecule has 0 spiro atoms. The highest BCUT2D eigenvalue weighted by Gasteiger charge is 2.26. The Hall–Kier alpha value is -6.19. The van der Waals surface area contributed by atoms with Crippen molar-refractivity contribution in [2.75, 3.05) is 4.90 Å². The van der Waals surface area contributed by atoms with Crippen molar-refractivity contribution in [3.05, 3.63) is 176 Å². The van der Waals surface area contributed by atoms with Gasteiger partial charge in [-0.25, -0.2) is 4.98 Å². The van der Waals surface area contributed by atoms with Crippen LogP contribution in [0.4, 0.5) is 17.1 Å². The van der Waals surface area contributed by atoms with E-state index in [1.165, 1.54) is 49.9 Å². The normalized spacial score (nSPS) is 11.5. The van der Waals surface area contributed by atoms with Crippen LogP contribution in [0.3, 0.4) is 0 Å². The fourth-order valence-corrected chi connectivity index (χ4v) is 6.94. The number of fused-ring (bicyclic) bond motifs is 5. The number of benzene rings is 6. The summed E-state index contributed by atoms with van der Waals surface area (Å²) in [5.41, 5.74) is 14.2. The summed E-state index contributed by atoms with van der Waals surface area (Å²) in [5, 5.41) is 1.24. The molecule has 0 saturated heterocycles. The molecule has 0 bridgehead atoms. The molecule has 9 rings (SSSR count). The van der Waals surface area contributed by atoms with E-state index in [2.05, 4.69) is 173 Å². The smallest absolute Gasteiger partial charge is 0.137 e. The Morgan fingerprint density at radius 2 is 0.957 bits per heavy atom. The van der Waals surface area contributed by atoms with Gasteiger partial charge in [0, 0.05) is 40.4 Å². The number of rotatable bonds is 5. The van der Waals surface area contributed by atoms with Crippen LogP contribution in [0.25, 0.3) is 61.2 Å². The second kappa shape index (κ2) is 10.8. The van der Waals surface area contributed by atoms with Gasteiger partial charge in [-0.15, -0.1) is 0 Å². The molecule has 0 fully saturated rings. The quantitative estimate of drug-likeness (QED) is 0.200. The Bertz CT molecular complexity index is 2340. The van der Waals surface area contributed by atoms with Crippen LogP contribution in [0.1, 0.15) is 0 Å². The number of hydrogen-bond acceptors (Lipinski definition) is 2. The molecule has 216 valence electrons. The Kier molecular flexibility index (Phi) is 6.14. The van der Waals surface area contributed by atoms with Gasteiger partial charge in [-0.2, -0.15) is 0 Å². The first-order valence-electron chi connectivity index (χ1n) is 15.6. The molecule has 3 heteroatoms. The van der Waals surface area contributed by atoms with E-state index in [1.54, 1.807) is 0 Å². The largest absolute Gasteiger partial charge is 0.310 e. The fraction of sp³-hybridized carbons (Fsp3) is 0. The van der Waals surface area contributed by atoms with Crippen LogP contribution < -0.4 is 4.90 Å². The highest BCUT2D eigenvalue weighted by atomic mass is 15.1. The van der Waals surface area contributed by atoms with Crippen LogP contribution >= 0.6 is 0 Å². The molecule has 1 aliphatic carbocycles. The van der Waals surface area contributed by atoms with Gasteiger partial charge >= 0.3 is 0 Å². The summed E-state index contributed by atoms with van der Waals surface area (Å²) in [6.45, 7) is 0. The molecular formula is C43H29N3. The predicted octanol–water partition coefficient (Wildman–Crippen LogP) is 11.5. The number of hydrogen-bond donors (Lipinski definition) is 0. The van der Waals surface area contributed by atoms with Gasteiger partial charge in [-0.05, 0) is 87.5 Å². The molecule has 46 heavy (non-hydrogen) atoms. The molecule has 0 amide bonds. The average Bonchev–Trinajstić information content (AvgIpc) is 3.47. The van der Waals surface area contributed by atoms with Gasteiger partial charge in [0.1, 0.15) is 5.82 Å². The lowest BCUT2D eigenvalue weighted by atomic mass is 9.94. The zero-order chi connectivity index (χ0) is 30.5. The van der Waals surface area contributed by atoms with Crippen LogP contribution in [-0.4, -0.2) is 9.55 Å². The number of pyridine rings is 1. The Morgan fingerprint density at radius 3 is 1.61 bits per heavy atom. The molecule has 0 atom stereocenters. The first kappa shape index (κ1) is 26.2. The number of aromatic nitrogens is 2. The monoisotopic (exact) mass is 587 g/mol. The summed E-state index contributed by atoms with van der Waals surface area (Å²) in [6.07, 6.45) is 4.14. The van der Waals surface area contributed by atoms with E-state index in [0.717, 1.165) is 28.4 Å². The fourth-order valence-electron chi connectivity index (χ4n) is 6.94. The SMILES string of the molecule is c1ccc(-c2ccc(N(c3ccccc3)c3cc4c5c(cn(-c6ccccn6)c5c3)-c3ccccc3-c3ccccc3-4)cc2)cc1. The van der Waals surface area contributed by atoms with E-state index in [0.29, 0.717) is 0 Å². The Labute approximate surface area is 268 Å². The minimum absolute atomic E-state index is 0.895. The highest BCUT2D eigenvalue weighted by Crippen LogP contribution is 2.51. The van der Waals surface area contributed by atoms with Gasteiger partial charge in [0.25, 0.3) is 0 Å². The maximum absolute atomic E-state index is 4.80. The third-order valence-electron chi connectivity index (χ3n) is 9.02. The van der Waals surface area contributed by atoms with Crippen molar-refractivity contribution in [3.63, 3.8) is 0 Å². The first-order valence-corrected chi connectivity index (χ1v) is 15.6. The van der Waals surface area contributed by atoms with Crippen molar-refractivity contribution >= 4 is 28.0 Å². The minimum atomic E-state index is 0.895. The molecule has 8 aromatic rings. The summed E-state index contributed by atoms with van der Waals surface area (Å²) in [7, 11) is 0. The van der Waals surface area contributed by atoms with E-state index >= 15 is 0 Å². The van der Waals surface area contributed by atoms with Gasteiger partial charge in [0.2, 0.25) is 0 Å². The van der Waals surface area contributed by atoms with Gasteiger partial charge in [0.15, 0.2) is 0 Å². The average molecular weight is 588 g/mol. The topological polar surface area (TPSA) is 21.1 Å². The second-order valence-electron chi connectivity index (χ2n) is 11.7.